The molecule has 2 amide bonds. The first-order valence-electron chi connectivity index (χ1n) is 6.46. The Balaban J connectivity index is 1.69. The van der Waals surface area contributed by atoms with E-state index in [1.54, 1.807) is 11.1 Å². The summed E-state index contributed by atoms with van der Waals surface area (Å²) in [6.07, 6.45) is 3.70. The van der Waals surface area contributed by atoms with Gasteiger partial charge in [-0.2, -0.15) is 0 Å². The molecule has 1 aromatic rings. The number of fused-ring (bicyclic) bond motifs is 1. The zero-order valence-corrected chi connectivity index (χ0v) is 10.6. The van der Waals surface area contributed by atoms with Crippen LogP contribution in [-0.2, 0) is 17.8 Å². The minimum absolute atomic E-state index is 0.362. The number of hydrogen-bond acceptors (Lipinski definition) is 5. The standard InChI is InChI=1S/C12H17N5O2/c13-11(18)17-6-8-5-14-12(16-10(8)7-17)15-9-1-3-19-4-2-9/h5,9H,1-4,6-7H2,(H2,13,18)(H,14,15,16). The fraction of sp³-hybridized carbons (Fsp3) is 0.583. The van der Waals surface area contributed by atoms with Crippen molar-refractivity contribution in [3.8, 4) is 0 Å². The largest absolute Gasteiger partial charge is 0.381 e. The molecular formula is C12H17N5O2. The molecule has 0 saturated carbocycles. The highest BCUT2D eigenvalue weighted by atomic mass is 16.5. The lowest BCUT2D eigenvalue weighted by molar-refractivity contribution is 0.0903. The van der Waals surface area contributed by atoms with Crippen molar-refractivity contribution in [2.75, 3.05) is 18.5 Å². The van der Waals surface area contributed by atoms with Crippen LogP contribution in [-0.4, -0.2) is 40.2 Å². The highest BCUT2D eigenvalue weighted by Gasteiger charge is 2.24. The molecule has 1 saturated heterocycles. The van der Waals surface area contributed by atoms with Crippen LogP contribution in [0.1, 0.15) is 24.1 Å². The summed E-state index contributed by atoms with van der Waals surface area (Å²) in [5, 5.41) is 3.32. The van der Waals surface area contributed by atoms with Gasteiger partial charge in [0, 0.05) is 31.0 Å². The molecule has 19 heavy (non-hydrogen) atoms. The number of nitrogens with two attached hydrogens (primary N) is 1. The summed E-state index contributed by atoms with van der Waals surface area (Å²) in [5.41, 5.74) is 7.12. The van der Waals surface area contributed by atoms with Gasteiger partial charge in [0.25, 0.3) is 0 Å². The zero-order valence-electron chi connectivity index (χ0n) is 10.6. The van der Waals surface area contributed by atoms with E-state index in [1.165, 1.54) is 0 Å². The second kappa shape index (κ2) is 5.00. The maximum atomic E-state index is 11.1. The number of carbonyl (C=O) groups excluding carboxylic acids is 1. The van der Waals surface area contributed by atoms with Crippen LogP contribution in [0.2, 0.25) is 0 Å². The molecule has 3 rings (SSSR count). The predicted octanol–water partition coefficient (Wildman–Crippen LogP) is 0.462. The van der Waals surface area contributed by atoms with Crippen molar-refractivity contribution in [1.29, 1.82) is 0 Å². The fourth-order valence-electron chi connectivity index (χ4n) is 2.40. The third kappa shape index (κ3) is 2.60. The number of nitrogens with zero attached hydrogens (tertiary/aromatic N) is 3. The van der Waals surface area contributed by atoms with Crippen molar-refractivity contribution >= 4 is 12.0 Å². The molecule has 0 spiro atoms. The summed E-state index contributed by atoms with van der Waals surface area (Å²) >= 11 is 0. The minimum Gasteiger partial charge on any atom is -0.381 e. The summed E-state index contributed by atoms with van der Waals surface area (Å²) in [5.74, 6) is 0.622. The molecule has 1 fully saturated rings. The van der Waals surface area contributed by atoms with E-state index in [2.05, 4.69) is 15.3 Å². The van der Waals surface area contributed by atoms with Gasteiger partial charge in [-0.25, -0.2) is 14.8 Å². The third-order valence-electron chi connectivity index (χ3n) is 3.52. The topological polar surface area (TPSA) is 93.4 Å². The number of primary amides is 1. The van der Waals surface area contributed by atoms with Crippen LogP contribution in [0.15, 0.2) is 6.20 Å². The Kier molecular flexibility index (Phi) is 3.20. The van der Waals surface area contributed by atoms with Gasteiger partial charge in [-0.1, -0.05) is 0 Å². The van der Waals surface area contributed by atoms with Gasteiger partial charge in [0.2, 0.25) is 5.95 Å². The molecule has 102 valence electrons. The van der Waals surface area contributed by atoms with E-state index in [1.807, 2.05) is 0 Å². The second-order valence-electron chi connectivity index (χ2n) is 4.89. The van der Waals surface area contributed by atoms with Crippen LogP contribution in [0.5, 0.6) is 0 Å². The number of amides is 2. The van der Waals surface area contributed by atoms with Crippen LogP contribution in [0, 0.1) is 0 Å². The minimum atomic E-state index is -0.420. The molecular weight excluding hydrogens is 246 g/mol. The predicted molar refractivity (Wildman–Crippen MR) is 68.3 cm³/mol. The van der Waals surface area contributed by atoms with Gasteiger partial charge in [-0.3, -0.25) is 0 Å². The molecule has 0 atom stereocenters. The van der Waals surface area contributed by atoms with Crippen molar-refractivity contribution in [2.45, 2.75) is 32.0 Å². The first-order valence-corrected chi connectivity index (χ1v) is 6.46. The molecule has 1 aromatic heterocycles. The van der Waals surface area contributed by atoms with E-state index in [0.29, 0.717) is 25.1 Å². The molecule has 7 heteroatoms. The lowest BCUT2D eigenvalue weighted by atomic mass is 10.1. The Morgan fingerprint density at radius 3 is 2.95 bits per heavy atom. The lowest BCUT2D eigenvalue weighted by Crippen LogP contribution is -2.30. The summed E-state index contributed by atoms with van der Waals surface area (Å²) < 4.78 is 5.31. The van der Waals surface area contributed by atoms with Crippen LogP contribution >= 0.6 is 0 Å². The van der Waals surface area contributed by atoms with Crippen molar-refractivity contribution in [2.24, 2.45) is 5.73 Å². The van der Waals surface area contributed by atoms with Gasteiger partial charge in [0.15, 0.2) is 0 Å². The molecule has 3 heterocycles. The van der Waals surface area contributed by atoms with E-state index in [4.69, 9.17) is 10.5 Å². The summed E-state index contributed by atoms with van der Waals surface area (Å²) in [6, 6.07) is -0.0580. The zero-order chi connectivity index (χ0) is 13.2. The Morgan fingerprint density at radius 2 is 2.21 bits per heavy atom. The van der Waals surface area contributed by atoms with Gasteiger partial charge in [-0.15, -0.1) is 0 Å². The van der Waals surface area contributed by atoms with Crippen LogP contribution in [0.3, 0.4) is 0 Å². The Bertz CT molecular complexity index is 487. The lowest BCUT2D eigenvalue weighted by Gasteiger charge is -2.23. The van der Waals surface area contributed by atoms with Crippen molar-refractivity contribution < 1.29 is 9.53 Å². The third-order valence-corrected chi connectivity index (χ3v) is 3.52. The number of rotatable bonds is 2. The number of nitrogens with one attached hydrogen (secondary N) is 1. The van der Waals surface area contributed by atoms with Crippen molar-refractivity contribution in [3.05, 3.63) is 17.5 Å². The molecule has 2 aliphatic rings. The fourth-order valence-corrected chi connectivity index (χ4v) is 2.40. The molecule has 0 unspecified atom stereocenters. The van der Waals surface area contributed by atoms with E-state index in [9.17, 15) is 4.79 Å². The quantitative estimate of drug-likeness (QED) is 0.808. The first-order chi connectivity index (χ1) is 9.22. The van der Waals surface area contributed by atoms with E-state index in [-0.39, 0.29) is 0 Å². The Labute approximate surface area is 111 Å². The van der Waals surface area contributed by atoms with Crippen molar-refractivity contribution in [1.82, 2.24) is 14.9 Å². The smallest absolute Gasteiger partial charge is 0.315 e. The maximum Gasteiger partial charge on any atom is 0.315 e. The van der Waals surface area contributed by atoms with Gasteiger partial charge in [0.1, 0.15) is 0 Å². The number of aromatic nitrogens is 2. The summed E-state index contributed by atoms with van der Waals surface area (Å²) in [7, 11) is 0. The van der Waals surface area contributed by atoms with Crippen LogP contribution < -0.4 is 11.1 Å². The second-order valence-corrected chi connectivity index (χ2v) is 4.89. The van der Waals surface area contributed by atoms with Crippen LogP contribution in [0.4, 0.5) is 10.7 Å². The molecule has 0 aromatic carbocycles. The Hall–Kier alpha value is -1.89. The number of urea groups is 1. The average Bonchev–Trinajstić information content (AvgIpc) is 2.83. The average molecular weight is 263 g/mol. The molecule has 3 N–H and O–H groups in total. The van der Waals surface area contributed by atoms with Crippen LogP contribution in [0.25, 0.3) is 0 Å². The molecule has 0 radical (unpaired) electrons. The van der Waals surface area contributed by atoms with E-state index < -0.39 is 6.03 Å². The Morgan fingerprint density at radius 1 is 1.42 bits per heavy atom. The summed E-state index contributed by atoms with van der Waals surface area (Å²) in [6.45, 7) is 2.52. The van der Waals surface area contributed by atoms with Gasteiger partial charge in [-0.05, 0) is 12.8 Å². The van der Waals surface area contributed by atoms with Gasteiger partial charge >= 0.3 is 6.03 Å². The maximum absolute atomic E-state index is 11.1. The molecule has 2 aliphatic heterocycles. The highest BCUT2D eigenvalue weighted by Crippen LogP contribution is 2.21. The van der Waals surface area contributed by atoms with Gasteiger partial charge in [0.05, 0.1) is 18.8 Å². The summed E-state index contributed by atoms with van der Waals surface area (Å²) in [4.78, 5) is 21.5. The molecule has 0 aliphatic carbocycles. The number of ether oxygens (including phenoxy) is 1. The first kappa shape index (κ1) is 12.2. The SMILES string of the molecule is NC(=O)N1Cc2cnc(NC3CCOCC3)nc2C1. The normalized spacial score (nSPS) is 19.3. The highest BCUT2D eigenvalue weighted by molar-refractivity contribution is 5.72. The van der Waals surface area contributed by atoms with E-state index >= 15 is 0 Å². The monoisotopic (exact) mass is 263 g/mol. The molecule has 0 bridgehead atoms. The number of anilines is 1. The van der Waals surface area contributed by atoms with Crippen molar-refractivity contribution in [3.63, 3.8) is 0 Å². The van der Waals surface area contributed by atoms with Gasteiger partial charge < -0.3 is 20.7 Å². The number of carbonyl (C=O) groups is 1. The van der Waals surface area contributed by atoms with E-state index in [0.717, 1.165) is 37.3 Å². The molecule has 7 nitrogen and oxygen atoms in total. The number of hydrogen-bond donors (Lipinski definition) is 2.